The standard InChI is InChI=1S/C16H18N4OS/c1-16(2,3)11-7-5-10(6-8-11)14-17-12-9-13(21)19-20(12)15(18-14)22-4/h5-9H,1-4H3,(H,19,21). The van der Waals surface area contributed by atoms with E-state index < -0.39 is 0 Å². The first kappa shape index (κ1) is 14.8. The molecular weight excluding hydrogens is 296 g/mol. The Morgan fingerprint density at radius 3 is 2.41 bits per heavy atom. The summed E-state index contributed by atoms with van der Waals surface area (Å²) >= 11 is 1.47. The van der Waals surface area contributed by atoms with E-state index in [0.29, 0.717) is 16.6 Å². The van der Waals surface area contributed by atoms with E-state index in [4.69, 9.17) is 0 Å². The Hall–Kier alpha value is -2.08. The zero-order chi connectivity index (χ0) is 15.9. The number of benzene rings is 1. The number of hydrogen-bond donors (Lipinski definition) is 1. The summed E-state index contributed by atoms with van der Waals surface area (Å²) in [4.78, 5) is 20.5. The van der Waals surface area contributed by atoms with Crippen molar-refractivity contribution < 1.29 is 0 Å². The summed E-state index contributed by atoms with van der Waals surface area (Å²) in [5, 5.41) is 3.41. The van der Waals surface area contributed by atoms with Crippen molar-refractivity contribution in [2.45, 2.75) is 31.3 Å². The van der Waals surface area contributed by atoms with Gasteiger partial charge < -0.3 is 0 Å². The van der Waals surface area contributed by atoms with Crippen LogP contribution in [0.25, 0.3) is 17.0 Å². The molecule has 114 valence electrons. The van der Waals surface area contributed by atoms with Gasteiger partial charge in [0.25, 0.3) is 5.56 Å². The second kappa shape index (κ2) is 5.28. The number of thioether (sulfide) groups is 1. The van der Waals surface area contributed by atoms with Gasteiger partial charge in [-0.2, -0.15) is 0 Å². The van der Waals surface area contributed by atoms with Gasteiger partial charge in [-0.25, -0.2) is 14.5 Å². The second-order valence-electron chi connectivity index (χ2n) is 6.18. The molecule has 0 amide bonds. The smallest absolute Gasteiger partial charge is 0.266 e. The van der Waals surface area contributed by atoms with Crippen molar-refractivity contribution in [2.24, 2.45) is 0 Å². The molecule has 0 fully saturated rings. The first-order valence-corrected chi connectivity index (χ1v) is 8.26. The van der Waals surface area contributed by atoms with E-state index in [1.54, 1.807) is 4.52 Å². The minimum absolute atomic E-state index is 0.113. The van der Waals surface area contributed by atoms with Crippen molar-refractivity contribution in [2.75, 3.05) is 6.26 Å². The number of nitrogens with one attached hydrogen (secondary N) is 1. The van der Waals surface area contributed by atoms with Gasteiger partial charge in [-0.15, -0.1) is 0 Å². The maximum atomic E-state index is 11.5. The molecule has 3 rings (SSSR count). The lowest BCUT2D eigenvalue weighted by Gasteiger charge is -2.19. The van der Waals surface area contributed by atoms with Gasteiger partial charge >= 0.3 is 0 Å². The third-order valence-electron chi connectivity index (χ3n) is 3.52. The molecule has 1 N–H and O–H groups in total. The summed E-state index contributed by atoms with van der Waals surface area (Å²) in [5.74, 6) is 0.629. The number of aromatic amines is 1. The average Bonchev–Trinajstić information content (AvgIpc) is 2.85. The molecular formula is C16H18N4OS. The highest BCUT2D eigenvalue weighted by molar-refractivity contribution is 7.98. The van der Waals surface area contributed by atoms with Crippen LogP contribution in [0.5, 0.6) is 0 Å². The van der Waals surface area contributed by atoms with Crippen LogP contribution in [0.2, 0.25) is 0 Å². The highest BCUT2D eigenvalue weighted by Gasteiger charge is 2.14. The van der Waals surface area contributed by atoms with E-state index in [9.17, 15) is 4.79 Å². The Morgan fingerprint density at radius 1 is 1.14 bits per heavy atom. The summed E-state index contributed by atoms with van der Waals surface area (Å²) in [6.07, 6.45) is 1.92. The van der Waals surface area contributed by atoms with Crippen LogP contribution in [0.15, 0.2) is 40.3 Å². The molecule has 5 nitrogen and oxygen atoms in total. The molecule has 3 aromatic rings. The topological polar surface area (TPSA) is 63.0 Å². The molecule has 0 saturated heterocycles. The van der Waals surface area contributed by atoms with Gasteiger partial charge in [0.05, 0.1) is 0 Å². The number of fused-ring (bicyclic) bond motifs is 1. The first-order valence-electron chi connectivity index (χ1n) is 7.03. The minimum Gasteiger partial charge on any atom is -0.268 e. The number of hydrogen-bond acceptors (Lipinski definition) is 4. The highest BCUT2D eigenvalue weighted by Crippen LogP contribution is 2.25. The molecule has 0 atom stereocenters. The summed E-state index contributed by atoms with van der Waals surface area (Å²) < 4.78 is 1.61. The van der Waals surface area contributed by atoms with E-state index in [-0.39, 0.29) is 11.0 Å². The molecule has 0 aliphatic heterocycles. The minimum atomic E-state index is -0.176. The molecule has 0 spiro atoms. The molecule has 0 bridgehead atoms. The molecule has 0 aliphatic rings. The van der Waals surface area contributed by atoms with E-state index in [2.05, 4.69) is 48.0 Å². The van der Waals surface area contributed by atoms with Crippen LogP contribution < -0.4 is 5.56 Å². The molecule has 0 aliphatic carbocycles. The van der Waals surface area contributed by atoms with Crippen molar-refractivity contribution >= 4 is 17.4 Å². The SMILES string of the molecule is CSc1nc(-c2ccc(C(C)(C)C)cc2)nc2cc(=O)[nH]n12. The Balaban J connectivity index is 2.11. The van der Waals surface area contributed by atoms with Gasteiger partial charge in [0, 0.05) is 11.6 Å². The molecule has 22 heavy (non-hydrogen) atoms. The van der Waals surface area contributed by atoms with Crippen molar-refractivity contribution in [3.8, 4) is 11.4 Å². The largest absolute Gasteiger partial charge is 0.268 e. The lowest BCUT2D eigenvalue weighted by Crippen LogP contribution is -2.10. The fourth-order valence-electron chi connectivity index (χ4n) is 2.27. The molecule has 0 unspecified atom stereocenters. The number of nitrogens with zero attached hydrogens (tertiary/aromatic N) is 3. The molecule has 0 saturated carbocycles. The predicted molar refractivity (Wildman–Crippen MR) is 89.5 cm³/mol. The summed E-state index contributed by atoms with van der Waals surface area (Å²) in [6.45, 7) is 6.55. The molecule has 6 heteroatoms. The van der Waals surface area contributed by atoms with E-state index >= 15 is 0 Å². The molecule has 0 radical (unpaired) electrons. The molecule has 2 aromatic heterocycles. The van der Waals surface area contributed by atoms with Gasteiger partial charge in [0.15, 0.2) is 16.6 Å². The van der Waals surface area contributed by atoms with Crippen LogP contribution in [0, 0.1) is 0 Å². The normalized spacial score (nSPS) is 12.0. The van der Waals surface area contributed by atoms with Crippen LogP contribution in [-0.2, 0) is 5.41 Å². The fourth-order valence-corrected chi connectivity index (χ4v) is 2.77. The number of H-pyrrole nitrogens is 1. The van der Waals surface area contributed by atoms with Crippen molar-refractivity contribution in [1.29, 1.82) is 0 Å². The first-order chi connectivity index (χ1) is 10.4. The Bertz CT molecular complexity index is 872. The third kappa shape index (κ3) is 2.66. The van der Waals surface area contributed by atoms with Crippen molar-refractivity contribution in [3.05, 3.63) is 46.2 Å². The van der Waals surface area contributed by atoms with Gasteiger partial charge in [0.2, 0.25) is 0 Å². The van der Waals surface area contributed by atoms with Crippen LogP contribution in [0.4, 0.5) is 0 Å². The van der Waals surface area contributed by atoms with Crippen LogP contribution in [0.3, 0.4) is 0 Å². The number of rotatable bonds is 2. The van der Waals surface area contributed by atoms with Gasteiger partial charge in [-0.05, 0) is 17.2 Å². The monoisotopic (exact) mass is 314 g/mol. The predicted octanol–water partition coefficient (Wildman–Crippen LogP) is 3.10. The lowest BCUT2D eigenvalue weighted by atomic mass is 9.87. The maximum absolute atomic E-state index is 11.5. The molecule has 1 aromatic carbocycles. The number of aromatic nitrogens is 4. The van der Waals surface area contributed by atoms with Crippen molar-refractivity contribution in [1.82, 2.24) is 19.6 Å². The average molecular weight is 314 g/mol. The van der Waals surface area contributed by atoms with Crippen molar-refractivity contribution in [3.63, 3.8) is 0 Å². The zero-order valence-electron chi connectivity index (χ0n) is 13.0. The molecule has 2 heterocycles. The van der Waals surface area contributed by atoms with Gasteiger partial charge in [-0.3, -0.25) is 9.89 Å². The van der Waals surface area contributed by atoms with Crippen LogP contribution in [-0.4, -0.2) is 25.8 Å². The summed E-state index contributed by atoms with van der Waals surface area (Å²) in [5.41, 5.74) is 2.73. The van der Waals surface area contributed by atoms with Crippen LogP contribution in [0.1, 0.15) is 26.3 Å². The van der Waals surface area contributed by atoms with E-state index in [1.807, 2.05) is 18.4 Å². The second-order valence-corrected chi connectivity index (χ2v) is 6.95. The summed E-state index contributed by atoms with van der Waals surface area (Å²) in [7, 11) is 0. The Kier molecular flexibility index (Phi) is 3.56. The fraction of sp³-hybridized carbons (Fsp3) is 0.312. The summed E-state index contributed by atoms with van der Waals surface area (Å²) in [6, 6.07) is 9.74. The van der Waals surface area contributed by atoms with Crippen LogP contribution >= 0.6 is 11.8 Å². The van der Waals surface area contributed by atoms with E-state index in [0.717, 1.165) is 5.56 Å². The van der Waals surface area contributed by atoms with Gasteiger partial charge in [0.1, 0.15) is 0 Å². The van der Waals surface area contributed by atoms with Gasteiger partial charge in [-0.1, -0.05) is 56.8 Å². The zero-order valence-corrected chi connectivity index (χ0v) is 13.9. The third-order valence-corrected chi connectivity index (χ3v) is 4.16. The maximum Gasteiger partial charge on any atom is 0.266 e. The Labute approximate surface area is 132 Å². The lowest BCUT2D eigenvalue weighted by molar-refractivity contribution is 0.590. The quantitative estimate of drug-likeness (QED) is 0.738. The highest BCUT2D eigenvalue weighted by atomic mass is 32.2. The Morgan fingerprint density at radius 2 is 1.82 bits per heavy atom. The van der Waals surface area contributed by atoms with E-state index in [1.165, 1.54) is 23.4 Å².